The molecule has 0 radical (unpaired) electrons. The molecule has 0 unspecified atom stereocenters. The fourth-order valence-corrected chi connectivity index (χ4v) is 4.15. The van der Waals surface area contributed by atoms with Gasteiger partial charge >= 0.3 is 5.97 Å². The van der Waals surface area contributed by atoms with Crippen LogP contribution in [0.5, 0.6) is 5.75 Å². The summed E-state index contributed by atoms with van der Waals surface area (Å²) >= 11 is 0. The number of hydrogen-bond donors (Lipinski definition) is 0. The topological polar surface area (TPSA) is 38.8 Å². The summed E-state index contributed by atoms with van der Waals surface area (Å²) in [5.74, 6) is 1.25. The number of carbonyl (C=O) groups is 1. The van der Waals surface area contributed by atoms with Gasteiger partial charge in [0.2, 0.25) is 0 Å². The Morgan fingerprint density at radius 2 is 1.92 bits per heavy atom. The highest BCUT2D eigenvalue weighted by Crippen LogP contribution is 2.32. The van der Waals surface area contributed by atoms with Gasteiger partial charge in [-0.05, 0) is 82.3 Å². The third-order valence-electron chi connectivity index (χ3n) is 5.35. The highest BCUT2D eigenvalue weighted by Gasteiger charge is 2.32. The van der Waals surface area contributed by atoms with E-state index in [1.165, 1.54) is 45.2 Å². The van der Waals surface area contributed by atoms with Crippen LogP contribution in [0.3, 0.4) is 0 Å². The first-order valence-corrected chi connectivity index (χ1v) is 9.42. The number of nitrogens with zero attached hydrogens (tertiary/aromatic N) is 1. The van der Waals surface area contributed by atoms with Crippen molar-refractivity contribution in [3.8, 4) is 5.75 Å². The number of fused-ring (bicyclic) bond motifs is 1. The number of piperidine rings is 2. The van der Waals surface area contributed by atoms with Crippen molar-refractivity contribution in [1.29, 1.82) is 0 Å². The Morgan fingerprint density at radius 1 is 1.12 bits per heavy atom. The molecule has 4 heteroatoms. The first-order valence-electron chi connectivity index (χ1n) is 9.42. The summed E-state index contributed by atoms with van der Waals surface area (Å²) in [5.41, 5.74) is 0.599. The lowest BCUT2D eigenvalue weighted by Crippen LogP contribution is -2.48. The van der Waals surface area contributed by atoms with Gasteiger partial charge in [-0.1, -0.05) is 6.42 Å². The number of benzene rings is 1. The van der Waals surface area contributed by atoms with Crippen LogP contribution in [-0.2, 0) is 4.74 Å². The SMILES string of the molecule is CCOc1ccc(C(=O)OCC[C@H]2CCCN3CCCC[C@H]23)cc1. The Kier molecular flexibility index (Phi) is 6.13. The minimum absolute atomic E-state index is 0.227. The predicted molar refractivity (Wildman–Crippen MR) is 94.4 cm³/mol. The van der Waals surface area contributed by atoms with Crippen LogP contribution in [0.2, 0.25) is 0 Å². The quantitative estimate of drug-likeness (QED) is 0.741. The Labute approximate surface area is 145 Å². The summed E-state index contributed by atoms with van der Waals surface area (Å²) in [5, 5.41) is 0. The van der Waals surface area contributed by atoms with Crippen LogP contribution in [-0.4, -0.2) is 43.2 Å². The van der Waals surface area contributed by atoms with Crippen molar-refractivity contribution in [2.75, 3.05) is 26.3 Å². The molecule has 2 atom stereocenters. The highest BCUT2D eigenvalue weighted by molar-refractivity contribution is 5.89. The first kappa shape index (κ1) is 17.3. The molecule has 2 heterocycles. The van der Waals surface area contributed by atoms with E-state index in [9.17, 15) is 4.79 Å². The normalized spacial score (nSPS) is 24.2. The molecule has 0 amide bonds. The molecule has 1 aromatic rings. The van der Waals surface area contributed by atoms with Crippen LogP contribution in [0, 0.1) is 5.92 Å². The van der Waals surface area contributed by atoms with Crippen LogP contribution in [0.1, 0.15) is 55.8 Å². The molecule has 0 aliphatic carbocycles. The molecule has 2 aliphatic rings. The molecule has 0 spiro atoms. The number of rotatable bonds is 6. The molecule has 0 saturated carbocycles. The van der Waals surface area contributed by atoms with E-state index < -0.39 is 0 Å². The molecule has 0 bridgehead atoms. The lowest BCUT2D eigenvalue weighted by molar-refractivity contribution is 0.0296. The number of hydrogen-bond acceptors (Lipinski definition) is 4. The third kappa shape index (κ3) is 4.29. The second kappa shape index (κ2) is 8.52. The van der Waals surface area contributed by atoms with E-state index in [0.717, 1.165) is 18.2 Å². The van der Waals surface area contributed by atoms with E-state index in [-0.39, 0.29) is 5.97 Å². The molecule has 3 rings (SSSR count). The fourth-order valence-electron chi connectivity index (χ4n) is 4.15. The van der Waals surface area contributed by atoms with Gasteiger partial charge in [0.15, 0.2) is 0 Å². The predicted octanol–water partition coefficient (Wildman–Crippen LogP) is 3.90. The van der Waals surface area contributed by atoms with Crippen molar-refractivity contribution in [2.24, 2.45) is 5.92 Å². The van der Waals surface area contributed by atoms with E-state index in [1.807, 2.05) is 19.1 Å². The first-order chi connectivity index (χ1) is 11.8. The van der Waals surface area contributed by atoms with Crippen LogP contribution >= 0.6 is 0 Å². The minimum Gasteiger partial charge on any atom is -0.494 e. The highest BCUT2D eigenvalue weighted by atomic mass is 16.5. The standard InChI is InChI=1S/C20H29NO3/c1-2-23-18-10-8-17(9-11-18)20(22)24-15-12-16-6-5-14-21-13-4-3-7-19(16)21/h8-11,16,19H,2-7,12-15H2,1H3/t16-,19-/m1/s1. The van der Waals surface area contributed by atoms with Gasteiger partial charge in [0.25, 0.3) is 0 Å². The van der Waals surface area contributed by atoms with Crippen LogP contribution in [0.25, 0.3) is 0 Å². The molecule has 2 saturated heterocycles. The molecule has 1 aromatic carbocycles. The maximum Gasteiger partial charge on any atom is 0.338 e. The van der Waals surface area contributed by atoms with E-state index in [4.69, 9.17) is 9.47 Å². The van der Waals surface area contributed by atoms with Crippen molar-refractivity contribution in [3.05, 3.63) is 29.8 Å². The van der Waals surface area contributed by atoms with Gasteiger partial charge in [0, 0.05) is 6.04 Å². The smallest absolute Gasteiger partial charge is 0.338 e. The molecule has 24 heavy (non-hydrogen) atoms. The van der Waals surface area contributed by atoms with Gasteiger partial charge in [-0.25, -0.2) is 4.79 Å². The van der Waals surface area contributed by atoms with Crippen LogP contribution in [0.4, 0.5) is 0 Å². The van der Waals surface area contributed by atoms with Crippen LogP contribution in [0.15, 0.2) is 24.3 Å². The zero-order chi connectivity index (χ0) is 16.8. The summed E-state index contributed by atoms with van der Waals surface area (Å²) in [4.78, 5) is 14.8. The van der Waals surface area contributed by atoms with Gasteiger partial charge in [0.05, 0.1) is 18.8 Å². The van der Waals surface area contributed by atoms with Crippen molar-refractivity contribution in [3.63, 3.8) is 0 Å². The van der Waals surface area contributed by atoms with Crippen molar-refractivity contribution in [1.82, 2.24) is 4.90 Å². The van der Waals surface area contributed by atoms with Gasteiger partial charge in [-0.3, -0.25) is 0 Å². The largest absolute Gasteiger partial charge is 0.494 e. The summed E-state index contributed by atoms with van der Waals surface area (Å²) in [7, 11) is 0. The number of esters is 1. The fraction of sp³-hybridized carbons (Fsp3) is 0.650. The molecule has 132 valence electrons. The second-order valence-corrected chi connectivity index (χ2v) is 6.88. The van der Waals surface area contributed by atoms with Crippen molar-refractivity contribution < 1.29 is 14.3 Å². The molecule has 0 aromatic heterocycles. The Bertz CT molecular complexity index is 526. The van der Waals surface area contributed by atoms with Crippen molar-refractivity contribution in [2.45, 2.75) is 51.5 Å². The Balaban J connectivity index is 1.46. The molecular weight excluding hydrogens is 302 g/mol. The maximum atomic E-state index is 12.2. The van der Waals surface area contributed by atoms with Crippen molar-refractivity contribution >= 4 is 5.97 Å². The third-order valence-corrected chi connectivity index (χ3v) is 5.35. The van der Waals surface area contributed by atoms with Crippen LogP contribution < -0.4 is 4.74 Å². The molecule has 4 nitrogen and oxygen atoms in total. The minimum atomic E-state index is -0.227. The Morgan fingerprint density at radius 3 is 2.71 bits per heavy atom. The molecule has 2 aliphatic heterocycles. The van der Waals surface area contributed by atoms with Gasteiger partial charge in [-0.15, -0.1) is 0 Å². The second-order valence-electron chi connectivity index (χ2n) is 6.88. The van der Waals surface area contributed by atoms with E-state index in [2.05, 4.69) is 4.90 Å². The summed E-state index contributed by atoms with van der Waals surface area (Å²) < 4.78 is 10.9. The summed E-state index contributed by atoms with van der Waals surface area (Å²) in [6.45, 7) is 5.62. The molecular formula is C20H29NO3. The van der Waals surface area contributed by atoms with E-state index in [0.29, 0.717) is 24.7 Å². The average molecular weight is 331 g/mol. The lowest BCUT2D eigenvalue weighted by atomic mass is 9.82. The average Bonchev–Trinajstić information content (AvgIpc) is 2.63. The lowest BCUT2D eigenvalue weighted by Gasteiger charge is -2.44. The molecule has 2 fully saturated rings. The number of carbonyl (C=O) groups excluding carboxylic acids is 1. The maximum absolute atomic E-state index is 12.2. The monoisotopic (exact) mass is 331 g/mol. The Hall–Kier alpha value is -1.55. The summed E-state index contributed by atoms with van der Waals surface area (Å²) in [6.07, 6.45) is 7.57. The number of ether oxygens (including phenoxy) is 2. The van der Waals surface area contributed by atoms with Gasteiger partial charge in [-0.2, -0.15) is 0 Å². The molecule has 0 N–H and O–H groups in total. The zero-order valence-electron chi connectivity index (χ0n) is 14.7. The van der Waals surface area contributed by atoms with E-state index in [1.54, 1.807) is 12.1 Å². The van der Waals surface area contributed by atoms with Gasteiger partial charge in [0.1, 0.15) is 5.75 Å². The summed E-state index contributed by atoms with van der Waals surface area (Å²) in [6, 6.07) is 7.91. The zero-order valence-corrected chi connectivity index (χ0v) is 14.7. The van der Waals surface area contributed by atoms with E-state index >= 15 is 0 Å². The van der Waals surface area contributed by atoms with Gasteiger partial charge < -0.3 is 14.4 Å².